The summed E-state index contributed by atoms with van der Waals surface area (Å²) in [6, 6.07) is 9.94. The first-order valence-corrected chi connectivity index (χ1v) is 6.25. The first-order valence-electron chi connectivity index (χ1n) is 5.26. The van der Waals surface area contributed by atoms with Crippen molar-refractivity contribution in [3.63, 3.8) is 0 Å². The first-order chi connectivity index (χ1) is 7.74. The Morgan fingerprint density at radius 2 is 2.12 bits per heavy atom. The number of aliphatic carboxylic acids is 1. The van der Waals surface area contributed by atoms with E-state index in [1.54, 1.807) is 18.7 Å². The molecule has 1 atom stereocenters. The number of ether oxygens (including phenoxy) is 1. The van der Waals surface area contributed by atoms with Gasteiger partial charge in [-0.2, -0.15) is 0 Å². The quantitative estimate of drug-likeness (QED) is 0.744. The lowest BCUT2D eigenvalue weighted by Crippen LogP contribution is -2.24. The maximum atomic E-state index is 10.8. The Labute approximate surface area is 99.8 Å². The number of thioether (sulfide) groups is 1. The van der Waals surface area contributed by atoms with Crippen molar-refractivity contribution < 1.29 is 14.6 Å². The van der Waals surface area contributed by atoms with Crippen LogP contribution >= 0.6 is 11.8 Å². The second-order valence-electron chi connectivity index (χ2n) is 3.23. The highest BCUT2D eigenvalue weighted by atomic mass is 32.2. The lowest BCUT2D eigenvalue weighted by atomic mass is 10.3. The summed E-state index contributed by atoms with van der Waals surface area (Å²) in [6.07, 6.45) is -0.149. The van der Waals surface area contributed by atoms with Crippen molar-refractivity contribution in [3.8, 4) is 0 Å². The van der Waals surface area contributed by atoms with E-state index in [4.69, 9.17) is 9.84 Å². The van der Waals surface area contributed by atoms with E-state index >= 15 is 0 Å². The molecule has 1 rings (SSSR count). The molecule has 0 aliphatic heterocycles. The first kappa shape index (κ1) is 13.1. The molecule has 0 amide bonds. The Morgan fingerprint density at radius 1 is 1.44 bits per heavy atom. The molecule has 0 fully saturated rings. The Morgan fingerprint density at radius 3 is 2.69 bits per heavy atom. The van der Waals surface area contributed by atoms with E-state index in [0.29, 0.717) is 13.0 Å². The smallest absolute Gasteiger partial charge is 0.332 e. The molecule has 0 heterocycles. The molecule has 0 saturated carbocycles. The molecular weight excluding hydrogens is 224 g/mol. The molecule has 0 bridgehead atoms. The zero-order valence-corrected chi connectivity index (χ0v) is 10.1. The molecule has 0 aliphatic rings. The van der Waals surface area contributed by atoms with E-state index in [0.717, 1.165) is 10.6 Å². The van der Waals surface area contributed by atoms with Gasteiger partial charge in [-0.1, -0.05) is 18.2 Å². The number of rotatable bonds is 7. The minimum atomic E-state index is -0.879. The molecule has 0 aliphatic carbocycles. The summed E-state index contributed by atoms with van der Waals surface area (Å²) in [6.45, 7) is 2.24. The number of carboxylic acid groups (broad SMARTS) is 1. The van der Waals surface area contributed by atoms with Gasteiger partial charge in [0, 0.05) is 17.3 Å². The lowest BCUT2D eigenvalue weighted by Gasteiger charge is -2.11. The van der Waals surface area contributed by atoms with Gasteiger partial charge >= 0.3 is 5.97 Å². The van der Waals surface area contributed by atoms with Gasteiger partial charge in [0.1, 0.15) is 0 Å². The van der Waals surface area contributed by atoms with Crippen LogP contribution in [0.1, 0.15) is 13.3 Å². The van der Waals surface area contributed by atoms with Crippen LogP contribution in [0, 0.1) is 0 Å². The molecule has 1 N–H and O–H groups in total. The predicted octanol–water partition coefficient (Wildman–Crippen LogP) is 2.66. The van der Waals surface area contributed by atoms with E-state index in [9.17, 15) is 4.79 Å². The Hall–Kier alpha value is -1.00. The number of carbonyl (C=O) groups is 1. The van der Waals surface area contributed by atoms with E-state index in [-0.39, 0.29) is 0 Å². The molecular formula is C12H16O3S. The van der Waals surface area contributed by atoms with Crippen LogP contribution in [-0.2, 0) is 9.53 Å². The Kier molecular flexibility index (Phi) is 5.96. The third-order valence-corrected chi connectivity index (χ3v) is 3.08. The van der Waals surface area contributed by atoms with Crippen molar-refractivity contribution in [2.75, 3.05) is 12.4 Å². The zero-order valence-electron chi connectivity index (χ0n) is 9.26. The summed E-state index contributed by atoms with van der Waals surface area (Å²) < 4.78 is 5.13. The van der Waals surface area contributed by atoms with Crippen molar-refractivity contribution in [1.82, 2.24) is 0 Å². The fraction of sp³-hybridized carbons (Fsp3) is 0.417. The van der Waals surface area contributed by atoms with Crippen LogP contribution in [0.4, 0.5) is 0 Å². The summed E-state index contributed by atoms with van der Waals surface area (Å²) in [5.74, 6) is -0.128. The SMILES string of the molecule is CCOC(CCSc1ccccc1)C(=O)O. The molecule has 0 aromatic heterocycles. The summed E-state index contributed by atoms with van der Waals surface area (Å²) >= 11 is 1.65. The fourth-order valence-corrected chi connectivity index (χ4v) is 2.20. The van der Waals surface area contributed by atoms with Crippen LogP contribution in [0.5, 0.6) is 0 Å². The van der Waals surface area contributed by atoms with Gasteiger partial charge < -0.3 is 9.84 Å². The van der Waals surface area contributed by atoms with Gasteiger partial charge in [0.2, 0.25) is 0 Å². The van der Waals surface area contributed by atoms with Crippen LogP contribution in [0.2, 0.25) is 0 Å². The Bertz CT molecular complexity index is 313. The third-order valence-electron chi connectivity index (χ3n) is 2.04. The van der Waals surface area contributed by atoms with Gasteiger partial charge in [-0.05, 0) is 25.5 Å². The molecule has 88 valence electrons. The maximum Gasteiger partial charge on any atom is 0.332 e. The predicted molar refractivity (Wildman–Crippen MR) is 64.8 cm³/mol. The number of hydrogen-bond donors (Lipinski definition) is 1. The van der Waals surface area contributed by atoms with Crippen LogP contribution in [0.25, 0.3) is 0 Å². The highest BCUT2D eigenvalue weighted by molar-refractivity contribution is 7.99. The van der Waals surface area contributed by atoms with Crippen molar-refractivity contribution >= 4 is 17.7 Å². The molecule has 1 aromatic carbocycles. The van der Waals surface area contributed by atoms with Gasteiger partial charge in [-0.3, -0.25) is 0 Å². The number of benzene rings is 1. The normalized spacial score (nSPS) is 12.3. The molecule has 4 heteroatoms. The minimum absolute atomic E-state index is 0.437. The summed E-state index contributed by atoms with van der Waals surface area (Å²) in [5.41, 5.74) is 0. The third kappa shape index (κ3) is 4.68. The van der Waals surface area contributed by atoms with E-state index in [2.05, 4.69) is 0 Å². The molecule has 16 heavy (non-hydrogen) atoms. The highest BCUT2D eigenvalue weighted by Crippen LogP contribution is 2.19. The van der Waals surface area contributed by atoms with Gasteiger partial charge in [0.05, 0.1) is 0 Å². The zero-order chi connectivity index (χ0) is 11.8. The van der Waals surface area contributed by atoms with Crippen LogP contribution in [0.15, 0.2) is 35.2 Å². The molecule has 1 unspecified atom stereocenters. The summed E-state index contributed by atoms with van der Waals surface area (Å²) in [7, 11) is 0. The topological polar surface area (TPSA) is 46.5 Å². The van der Waals surface area contributed by atoms with Crippen molar-refractivity contribution in [1.29, 1.82) is 0 Å². The minimum Gasteiger partial charge on any atom is -0.479 e. The standard InChI is InChI=1S/C12H16O3S/c1-2-15-11(12(13)14)8-9-16-10-6-4-3-5-7-10/h3-7,11H,2,8-9H2,1H3,(H,13,14). The van der Waals surface area contributed by atoms with Crippen molar-refractivity contribution in [2.24, 2.45) is 0 Å². The van der Waals surface area contributed by atoms with E-state index in [1.807, 2.05) is 30.3 Å². The molecule has 3 nitrogen and oxygen atoms in total. The summed E-state index contributed by atoms with van der Waals surface area (Å²) in [4.78, 5) is 12.0. The number of carboxylic acids is 1. The van der Waals surface area contributed by atoms with Crippen LogP contribution in [-0.4, -0.2) is 29.5 Å². The summed E-state index contributed by atoms with van der Waals surface area (Å²) in [5, 5.41) is 8.87. The monoisotopic (exact) mass is 240 g/mol. The van der Waals surface area contributed by atoms with Gasteiger partial charge in [-0.15, -0.1) is 11.8 Å². The van der Waals surface area contributed by atoms with Gasteiger partial charge in [0.25, 0.3) is 0 Å². The van der Waals surface area contributed by atoms with Crippen LogP contribution in [0.3, 0.4) is 0 Å². The van der Waals surface area contributed by atoms with Crippen LogP contribution < -0.4 is 0 Å². The molecule has 1 aromatic rings. The van der Waals surface area contributed by atoms with E-state index in [1.165, 1.54) is 0 Å². The van der Waals surface area contributed by atoms with Gasteiger partial charge in [0.15, 0.2) is 6.10 Å². The second kappa shape index (κ2) is 7.30. The average Bonchev–Trinajstić information content (AvgIpc) is 2.29. The largest absolute Gasteiger partial charge is 0.479 e. The highest BCUT2D eigenvalue weighted by Gasteiger charge is 2.16. The van der Waals surface area contributed by atoms with Crippen molar-refractivity contribution in [2.45, 2.75) is 24.3 Å². The van der Waals surface area contributed by atoms with Crippen molar-refractivity contribution in [3.05, 3.63) is 30.3 Å². The molecule has 0 radical (unpaired) electrons. The molecule has 0 spiro atoms. The number of hydrogen-bond acceptors (Lipinski definition) is 3. The molecule has 0 saturated heterocycles. The van der Waals surface area contributed by atoms with Gasteiger partial charge in [-0.25, -0.2) is 4.79 Å². The average molecular weight is 240 g/mol. The Balaban J connectivity index is 2.31. The lowest BCUT2D eigenvalue weighted by molar-refractivity contribution is -0.150. The fourth-order valence-electron chi connectivity index (χ4n) is 1.28. The second-order valence-corrected chi connectivity index (χ2v) is 4.40. The van der Waals surface area contributed by atoms with E-state index < -0.39 is 12.1 Å². The maximum absolute atomic E-state index is 10.8.